The van der Waals surface area contributed by atoms with E-state index in [2.05, 4.69) is 70.2 Å². The van der Waals surface area contributed by atoms with Crippen molar-refractivity contribution >= 4 is 11.4 Å². The van der Waals surface area contributed by atoms with Crippen LogP contribution < -0.4 is 0 Å². The van der Waals surface area contributed by atoms with E-state index in [-0.39, 0.29) is 23.5 Å². The van der Waals surface area contributed by atoms with E-state index in [1.807, 2.05) is 43.3 Å². The Bertz CT molecular complexity index is 1270. The molecule has 2 nitrogen and oxygen atoms in total. The van der Waals surface area contributed by atoms with Crippen molar-refractivity contribution in [1.29, 1.82) is 0 Å². The van der Waals surface area contributed by atoms with E-state index in [4.69, 9.17) is 0 Å². The minimum absolute atomic E-state index is 0.0826. The molecule has 1 N–H and O–H groups in total. The molecule has 0 fully saturated rings. The Kier molecular flexibility index (Phi) is 7.40. The molecule has 0 amide bonds. The Hall–Kier alpha value is -3.39. The van der Waals surface area contributed by atoms with Gasteiger partial charge in [-0.15, -0.1) is 0 Å². The Morgan fingerprint density at radius 3 is 2.03 bits per heavy atom. The van der Waals surface area contributed by atoms with Crippen LogP contribution >= 0.6 is 0 Å². The predicted molar refractivity (Wildman–Crippen MR) is 147 cm³/mol. The lowest BCUT2D eigenvalue weighted by Crippen LogP contribution is -2.21. The van der Waals surface area contributed by atoms with Crippen LogP contribution in [0.25, 0.3) is 16.7 Å². The molecular formula is C33H36O2. The first-order valence-corrected chi connectivity index (χ1v) is 12.8. The third kappa shape index (κ3) is 4.75. The highest BCUT2D eigenvalue weighted by molar-refractivity contribution is 6.16. The lowest BCUT2D eigenvalue weighted by Gasteiger charge is -2.31. The van der Waals surface area contributed by atoms with Gasteiger partial charge in [-0.1, -0.05) is 94.4 Å². The van der Waals surface area contributed by atoms with Crippen LogP contribution in [-0.4, -0.2) is 10.9 Å². The minimum Gasteiger partial charge on any atom is -0.507 e. The topological polar surface area (TPSA) is 37.3 Å². The van der Waals surface area contributed by atoms with E-state index in [1.54, 1.807) is 0 Å². The molecule has 180 valence electrons. The summed E-state index contributed by atoms with van der Waals surface area (Å²) in [5.74, 6) is 0.572. The van der Waals surface area contributed by atoms with Crippen molar-refractivity contribution in [1.82, 2.24) is 0 Å². The number of hydrogen-bond donors (Lipinski definition) is 1. The summed E-state index contributed by atoms with van der Waals surface area (Å²) in [5.41, 5.74) is 7.57. The summed E-state index contributed by atoms with van der Waals surface area (Å²) in [6.45, 7) is 10.5. The molecule has 3 unspecified atom stereocenters. The van der Waals surface area contributed by atoms with Gasteiger partial charge in [-0.2, -0.15) is 0 Å². The zero-order valence-electron chi connectivity index (χ0n) is 21.5. The molecule has 0 saturated heterocycles. The molecule has 0 aromatic heterocycles. The summed E-state index contributed by atoms with van der Waals surface area (Å²) >= 11 is 0. The number of rotatable bonds is 7. The first-order valence-electron chi connectivity index (χ1n) is 12.8. The van der Waals surface area contributed by atoms with E-state index in [0.717, 1.165) is 57.4 Å². The Labute approximate surface area is 210 Å². The van der Waals surface area contributed by atoms with Crippen LogP contribution in [0.1, 0.15) is 76.0 Å². The number of hydrogen-bond acceptors (Lipinski definition) is 2. The standard InChI is InChI=1S/C33H36O2/c1-6-21(3)27-19-26(24-14-10-8-11-15-24)20-29(33(27)35)31-28(25-16-12-9-13-17-25)18-23(5)32(34)30(31)22(4)7-2/h8-22,28,35H,6-7H2,1-5H3. The molecule has 3 aromatic carbocycles. The van der Waals surface area contributed by atoms with Crippen molar-refractivity contribution in [3.05, 3.63) is 107 Å². The van der Waals surface area contributed by atoms with Crippen molar-refractivity contribution in [2.24, 2.45) is 5.92 Å². The highest BCUT2D eigenvalue weighted by Crippen LogP contribution is 2.48. The summed E-state index contributed by atoms with van der Waals surface area (Å²) in [6.07, 6.45) is 3.86. The van der Waals surface area contributed by atoms with Gasteiger partial charge in [0.1, 0.15) is 5.75 Å². The van der Waals surface area contributed by atoms with Crippen LogP contribution in [0, 0.1) is 5.92 Å². The van der Waals surface area contributed by atoms with Crippen molar-refractivity contribution < 1.29 is 9.90 Å². The Morgan fingerprint density at radius 1 is 0.829 bits per heavy atom. The van der Waals surface area contributed by atoms with Gasteiger partial charge in [-0.05, 0) is 77.1 Å². The van der Waals surface area contributed by atoms with E-state index in [1.165, 1.54) is 0 Å². The van der Waals surface area contributed by atoms with E-state index in [9.17, 15) is 9.90 Å². The lowest BCUT2D eigenvalue weighted by molar-refractivity contribution is -0.112. The average molecular weight is 465 g/mol. The van der Waals surface area contributed by atoms with Gasteiger partial charge in [0, 0.05) is 17.1 Å². The second-order valence-corrected chi connectivity index (χ2v) is 9.84. The number of phenols is 1. The Balaban J connectivity index is 2.08. The number of allylic oxidation sites excluding steroid dienone is 4. The second-order valence-electron chi connectivity index (χ2n) is 9.84. The number of ketones is 1. The van der Waals surface area contributed by atoms with Crippen LogP contribution in [0.3, 0.4) is 0 Å². The van der Waals surface area contributed by atoms with Gasteiger partial charge in [0.25, 0.3) is 0 Å². The van der Waals surface area contributed by atoms with Gasteiger partial charge in [-0.3, -0.25) is 4.79 Å². The van der Waals surface area contributed by atoms with Crippen LogP contribution in [0.5, 0.6) is 5.75 Å². The lowest BCUT2D eigenvalue weighted by atomic mass is 9.72. The van der Waals surface area contributed by atoms with Crippen LogP contribution in [0.15, 0.2) is 90.0 Å². The van der Waals surface area contributed by atoms with Gasteiger partial charge in [-0.25, -0.2) is 0 Å². The molecule has 0 bridgehead atoms. The van der Waals surface area contributed by atoms with Gasteiger partial charge in [0.2, 0.25) is 0 Å². The zero-order valence-corrected chi connectivity index (χ0v) is 21.5. The largest absolute Gasteiger partial charge is 0.507 e. The van der Waals surface area contributed by atoms with E-state index >= 15 is 0 Å². The number of Topliss-reactive ketones (excluding diaryl/α,β-unsaturated/α-hetero) is 1. The van der Waals surface area contributed by atoms with Crippen LogP contribution in [0.4, 0.5) is 0 Å². The number of aromatic hydroxyl groups is 1. The van der Waals surface area contributed by atoms with Crippen molar-refractivity contribution in [2.75, 3.05) is 0 Å². The molecular weight excluding hydrogens is 428 g/mol. The maximum atomic E-state index is 13.6. The predicted octanol–water partition coefficient (Wildman–Crippen LogP) is 8.69. The molecule has 0 radical (unpaired) electrons. The first-order chi connectivity index (χ1) is 16.9. The molecule has 4 rings (SSSR count). The van der Waals surface area contributed by atoms with E-state index in [0.29, 0.717) is 5.75 Å². The summed E-state index contributed by atoms with van der Waals surface area (Å²) in [5, 5.41) is 11.7. The van der Waals surface area contributed by atoms with Gasteiger partial charge >= 0.3 is 0 Å². The van der Waals surface area contributed by atoms with Gasteiger partial charge in [0.05, 0.1) is 0 Å². The average Bonchev–Trinajstić information content (AvgIpc) is 2.90. The molecule has 0 saturated carbocycles. The summed E-state index contributed by atoms with van der Waals surface area (Å²) in [7, 11) is 0. The maximum absolute atomic E-state index is 13.6. The van der Waals surface area contributed by atoms with Crippen LogP contribution in [-0.2, 0) is 4.79 Å². The highest BCUT2D eigenvalue weighted by Gasteiger charge is 2.34. The fraction of sp³-hybridized carbons (Fsp3) is 0.303. The second kappa shape index (κ2) is 10.5. The Morgan fingerprint density at radius 2 is 1.43 bits per heavy atom. The van der Waals surface area contributed by atoms with E-state index < -0.39 is 0 Å². The number of phenolic OH excluding ortho intramolecular Hbond substituents is 1. The molecule has 2 heteroatoms. The normalized spacial score (nSPS) is 17.8. The molecule has 1 aliphatic rings. The van der Waals surface area contributed by atoms with Crippen molar-refractivity contribution in [3.63, 3.8) is 0 Å². The fourth-order valence-electron chi connectivity index (χ4n) is 5.10. The van der Waals surface area contributed by atoms with Gasteiger partial charge < -0.3 is 5.11 Å². The number of carbonyl (C=O) groups excluding carboxylic acids is 1. The summed E-state index contributed by atoms with van der Waals surface area (Å²) in [6, 6.07) is 24.8. The zero-order chi connectivity index (χ0) is 25.1. The third-order valence-corrected chi connectivity index (χ3v) is 7.56. The van der Waals surface area contributed by atoms with Crippen LogP contribution in [0.2, 0.25) is 0 Å². The van der Waals surface area contributed by atoms with Gasteiger partial charge in [0.15, 0.2) is 5.78 Å². The summed E-state index contributed by atoms with van der Waals surface area (Å²) < 4.78 is 0. The SMILES string of the molecule is CCC(C)C1=C(c2cc(-c3ccccc3)cc(C(C)CC)c2O)C(c2ccccc2)C=C(C)C1=O. The molecule has 3 aromatic rings. The molecule has 0 spiro atoms. The number of carbonyl (C=O) groups is 1. The molecule has 35 heavy (non-hydrogen) atoms. The molecule has 3 atom stereocenters. The monoisotopic (exact) mass is 464 g/mol. The molecule has 0 aliphatic heterocycles. The third-order valence-electron chi connectivity index (χ3n) is 7.56. The molecule has 0 heterocycles. The maximum Gasteiger partial charge on any atom is 0.185 e. The summed E-state index contributed by atoms with van der Waals surface area (Å²) in [4.78, 5) is 13.6. The number of benzene rings is 3. The smallest absolute Gasteiger partial charge is 0.185 e. The fourth-order valence-corrected chi connectivity index (χ4v) is 5.10. The first kappa shape index (κ1) is 24.7. The molecule has 1 aliphatic carbocycles. The quantitative estimate of drug-likeness (QED) is 0.380. The van der Waals surface area contributed by atoms with Crippen molar-refractivity contribution in [3.8, 4) is 16.9 Å². The van der Waals surface area contributed by atoms with Crippen molar-refractivity contribution in [2.45, 2.75) is 59.3 Å². The highest BCUT2D eigenvalue weighted by atomic mass is 16.3. The minimum atomic E-state index is -0.0976.